The zero-order valence-corrected chi connectivity index (χ0v) is 11.3. The second kappa shape index (κ2) is 6.60. The molecule has 0 bridgehead atoms. The third-order valence-corrected chi connectivity index (χ3v) is 4.36. The number of rotatable bonds is 9. The van der Waals surface area contributed by atoms with E-state index in [-0.39, 0.29) is 0 Å². The Morgan fingerprint density at radius 1 is 0.500 bits per heavy atom. The molecule has 0 atom stereocenters. The zero-order chi connectivity index (χ0) is 16.2. The van der Waals surface area contributed by atoms with E-state index in [0.717, 1.165) is 6.92 Å². The average molecular weight is 300 g/mol. The lowest BCUT2D eigenvalue weighted by Gasteiger charge is -2.58. The molecule has 0 rings (SSSR count). The molecule has 0 radical (unpaired) electrons. The first-order valence-corrected chi connectivity index (χ1v) is 5.94. The van der Waals surface area contributed by atoms with Crippen molar-refractivity contribution < 1.29 is 46.0 Å². The molecule has 9 N–H and O–H groups in total. The molecule has 0 aromatic heterocycles. The normalized spacial score (nSPS) is 14.7. The second-order valence-electron chi connectivity index (χ2n) is 5.17. The summed E-state index contributed by atoms with van der Waals surface area (Å²) in [6.07, 6.45) is 0. The van der Waals surface area contributed by atoms with Crippen LogP contribution >= 0.6 is 0 Å². The van der Waals surface area contributed by atoms with E-state index < -0.39 is 61.9 Å². The topological polar surface area (TPSA) is 182 Å². The molecular weight excluding hydrogens is 276 g/mol. The van der Waals surface area contributed by atoms with Crippen LogP contribution in [-0.2, 0) is 0 Å². The van der Waals surface area contributed by atoms with Crippen LogP contribution in [0.4, 0.5) is 0 Å². The Kier molecular flexibility index (Phi) is 6.48. The Balaban J connectivity index is 6.34. The Hall–Kier alpha value is -0.360. The van der Waals surface area contributed by atoms with E-state index in [0.29, 0.717) is 0 Å². The Morgan fingerprint density at radius 2 is 0.650 bits per heavy atom. The molecule has 0 saturated heterocycles. The third-order valence-electron chi connectivity index (χ3n) is 4.36. The van der Waals surface area contributed by atoms with Crippen LogP contribution in [0.15, 0.2) is 0 Å². The van der Waals surface area contributed by atoms with E-state index in [9.17, 15) is 46.0 Å². The van der Waals surface area contributed by atoms with Crippen LogP contribution < -0.4 is 0 Å². The van der Waals surface area contributed by atoms with Crippen molar-refractivity contribution in [2.45, 2.75) is 23.7 Å². The standard InChI is InChI=1S/C11H24O9/c1-8(9(18,2-12)3-13,10(19,4-14)5-15)11(20,6-16)7-17/h12-20H,2-7H2,1H3. The molecule has 20 heavy (non-hydrogen) atoms. The quantitative estimate of drug-likeness (QED) is 0.201. The molecule has 0 aromatic carbocycles. The summed E-state index contributed by atoms with van der Waals surface area (Å²) in [6.45, 7) is -6.14. The zero-order valence-electron chi connectivity index (χ0n) is 11.3. The summed E-state index contributed by atoms with van der Waals surface area (Å²) in [5, 5.41) is 86.5. The second-order valence-corrected chi connectivity index (χ2v) is 5.17. The van der Waals surface area contributed by atoms with Gasteiger partial charge in [-0.2, -0.15) is 0 Å². The van der Waals surface area contributed by atoms with Gasteiger partial charge in [0.2, 0.25) is 0 Å². The first kappa shape index (κ1) is 19.6. The molecule has 0 saturated carbocycles. The van der Waals surface area contributed by atoms with Crippen LogP contribution in [-0.4, -0.2) is 102 Å². The van der Waals surface area contributed by atoms with E-state index in [2.05, 4.69) is 0 Å². The number of aliphatic hydroxyl groups is 9. The van der Waals surface area contributed by atoms with Crippen LogP contribution in [0.1, 0.15) is 6.92 Å². The molecular formula is C11H24O9. The van der Waals surface area contributed by atoms with Crippen molar-refractivity contribution in [3.63, 3.8) is 0 Å². The Bertz CT molecular complexity index is 249. The van der Waals surface area contributed by atoms with E-state index in [1.54, 1.807) is 0 Å². The van der Waals surface area contributed by atoms with Crippen molar-refractivity contribution in [3.8, 4) is 0 Å². The molecule has 0 heterocycles. The lowest BCUT2D eigenvalue weighted by Crippen LogP contribution is -2.77. The van der Waals surface area contributed by atoms with Gasteiger partial charge in [-0.15, -0.1) is 0 Å². The van der Waals surface area contributed by atoms with Gasteiger partial charge in [-0.25, -0.2) is 0 Å². The number of hydrogen-bond acceptors (Lipinski definition) is 9. The van der Waals surface area contributed by atoms with Gasteiger partial charge in [-0.05, 0) is 0 Å². The van der Waals surface area contributed by atoms with Crippen molar-refractivity contribution in [1.29, 1.82) is 0 Å². The molecule has 0 aliphatic rings. The van der Waals surface area contributed by atoms with Gasteiger partial charge in [-0.3, -0.25) is 0 Å². The summed E-state index contributed by atoms with van der Waals surface area (Å²) in [7, 11) is 0. The maximum atomic E-state index is 10.3. The minimum absolute atomic E-state index is 0.915. The van der Waals surface area contributed by atoms with Crippen LogP contribution in [0.5, 0.6) is 0 Å². The third kappa shape index (κ3) is 2.45. The van der Waals surface area contributed by atoms with Crippen LogP contribution in [0.3, 0.4) is 0 Å². The highest BCUT2D eigenvalue weighted by Gasteiger charge is 2.68. The van der Waals surface area contributed by atoms with Gasteiger partial charge >= 0.3 is 0 Å². The van der Waals surface area contributed by atoms with Gasteiger partial charge in [0, 0.05) is 0 Å². The van der Waals surface area contributed by atoms with E-state index in [1.165, 1.54) is 0 Å². The van der Waals surface area contributed by atoms with Gasteiger partial charge in [0.05, 0.1) is 45.1 Å². The van der Waals surface area contributed by atoms with Crippen molar-refractivity contribution in [3.05, 3.63) is 0 Å². The lowest BCUT2D eigenvalue weighted by molar-refractivity contribution is -0.313. The largest absolute Gasteiger partial charge is 0.393 e. The van der Waals surface area contributed by atoms with E-state index in [4.69, 9.17) is 0 Å². The molecule has 0 amide bonds. The SMILES string of the molecule is CC(C(O)(CO)CO)(C(O)(CO)CO)C(O)(CO)CO. The smallest absolute Gasteiger partial charge is 0.122 e. The van der Waals surface area contributed by atoms with Gasteiger partial charge in [0.25, 0.3) is 0 Å². The molecule has 0 aromatic rings. The van der Waals surface area contributed by atoms with Gasteiger partial charge in [0.15, 0.2) is 0 Å². The summed E-state index contributed by atoms with van der Waals surface area (Å²) < 4.78 is 0. The van der Waals surface area contributed by atoms with Crippen LogP contribution in [0.25, 0.3) is 0 Å². The predicted molar refractivity (Wildman–Crippen MR) is 65.5 cm³/mol. The number of hydrogen-bond donors (Lipinski definition) is 9. The molecule has 0 fully saturated rings. The summed E-state index contributed by atoms with van der Waals surface area (Å²) >= 11 is 0. The van der Waals surface area contributed by atoms with Crippen molar-refractivity contribution in [2.75, 3.05) is 39.6 Å². The minimum Gasteiger partial charge on any atom is -0.393 e. The first-order chi connectivity index (χ1) is 9.11. The van der Waals surface area contributed by atoms with Gasteiger partial charge in [-0.1, -0.05) is 6.92 Å². The summed E-state index contributed by atoms with van der Waals surface area (Å²) in [4.78, 5) is 0. The molecule has 0 unspecified atom stereocenters. The molecule has 122 valence electrons. The maximum absolute atomic E-state index is 10.3. The van der Waals surface area contributed by atoms with Crippen LogP contribution in [0, 0.1) is 5.41 Å². The first-order valence-electron chi connectivity index (χ1n) is 5.94. The highest BCUT2D eigenvalue weighted by atomic mass is 16.4. The maximum Gasteiger partial charge on any atom is 0.122 e. The molecule has 0 aliphatic carbocycles. The summed E-state index contributed by atoms with van der Waals surface area (Å²) in [5.74, 6) is 0. The average Bonchev–Trinajstić information content (AvgIpc) is 2.51. The minimum atomic E-state index is -2.62. The van der Waals surface area contributed by atoms with E-state index in [1.807, 2.05) is 0 Å². The highest BCUT2D eigenvalue weighted by Crippen LogP contribution is 2.49. The molecule has 9 nitrogen and oxygen atoms in total. The van der Waals surface area contributed by atoms with Crippen molar-refractivity contribution in [1.82, 2.24) is 0 Å². The van der Waals surface area contributed by atoms with E-state index >= 15 is 0 Å². The fourth-order valence-corrected chi connectivity index (χ4v) is 2.40. The predicted octanol–water partition coefficient (Wildman–Crippen LogP) is -4.86. The van der Waals surface area contributed by atoms with Gasteiger partial charge < -0.3 is 46.0 Å². The Morgan fingerprint density at radius 3 is 0.750 bits per heavy atom. The molecule has 0 spiro atoms. The lowest BCUT2D eigenvalue weighted by atomic mass is 9.54. The monoisotopic (exact) mass is 300 g/mol. The van der Waals surface area contributed by atoms with Crippen molar-refractivity contribution >= 4 is 0 Å². The number of aliphatic hydroxyl groups excluding tert-OH is 6. The fraction of sp³-hybridized carbons (Fsp3) is 1.00. The summed E-state index contributed by atoms with van der Waals surface area (Å²) in [5.41, 5.74) is -10.3. The van der Waals surface area contributed by atoms with Gasteiger partial charge in [0.1, 0.15) is 16.8 Å². The Labute approximate surface area is 116 Å². The highest BCUT2D eigenvalue weighted by molar-refractivity contribution is 5.17. The molecule has 9 heteroatoms. The molecule has 0 aliphatic heterocycles. The van der Waals surface area contributed by atoms with Crippen LogP contribution in [0.2, 0.25) is 0 Å². The van der Waals surface area contributed by atoms with Crippen molar-refractivity contribution in [2.24, 2.45) is 5.41 Å². The fourth-order valence-electron chi connectivity index (χ4n) is 2.40. The summed E-state index contributed by atoms with van der Waals surface area (Å²) in [6, 6.07) is 0.